The predicted molar refractivity (Wildman–Crippen MR) is 91.9 cm³/mol. The molecule has 0 N–H and O–H groups in total. The van der Waals surface area contributed by atoms with Crippen LogP contribution < -0.4 is 0 Å². The van der Waals surface area contributed by atoms with E-state index in [1.807, 2.05) is 6.92 Å². The third kappa shape index (κ3) is 4.83. The second-order valence-electron chi connectivity index (χ2n) is 6.32. The van der Waals surface area contributed by atoms with Crippen LogP contribution in [0.15, 0.2) is 40.9 Å². The van der Waals surface area contributed by atoms with Crippen molar-refractivity contribution in [2.75, 3.05) is 13.2 Å². The molecule has 0 atom stereocenters. The van der Waals surface area contributed by atoms with Gasteiger partial charge in [0.05, 0.1) is 13.2 Å². The summed E-state index contributed by atoms with van der Waals surface area (Å²) in [6.45, 7) is 12.5. The predicted octanol–water partition coefficient (Wildman–Crippen LogP) is 3.21. The highest BCUT2D eigenvalue weighted by Crippen LogP contribution is 2.32. The summed E-state index contributed by atoms with van der Waals surface area (Å²) in [5.41, 5.74) is -0.213. The molecule has 0 aromatic carbocycles. The lowest BCUT2D eigenvalue weighted by atomic mass is 10.0. The summed E-state index contributed by atoms with van der Waals surface area (Å²) < 4.78 is 27.5. The average molecular weight is 364 g/mol. The fourth-order valence-electron chi connectivity index (χ4n) is 2.19. The van der Waals surface area contributed by atoms with Gasteiger partial charge in [0.2, 0.25) is 6.29 Å². The van der Waals surface area contributed by atoms with Crippen molar-refractivity contribution in [3.8, 4) is 0 Å². The maximum absolute atomic E-state index is 11.8. The van der Waals surface area contributed by atoms with Crippen molar-refractivity contribution >= 4 is 11.9 Å². The Bertz CT molecular complexity index is 692. The molecule has 0 amide bonds. The highest BCUT2D eigenvalue weighted by molar-refractivity contribution is 5.87. The number of carbonyl (C=O) groups excluding carboxylic acids is 2. The van der Waals surface area contributed by atoms with Crippen molar-refractivity contribution in [1.29, 1.82) is 0 Å². The number of esters is 2. The van der Waals surface area contributed by atoms with Crippen molar-refractivity contribution < 1.29 is 33.0 Å². The van der Waals surface area contributed by atoms with Crippen molar-refractivity contribution in [3.63, 3.8) is 0 Å². The normalized spacial score (nSPS) is 22.5. The fraction of sp³-hybridized carbons (Fsp3) is 0.474. The van der Waals surface area contributed by atoms with Crippen LogP contribution in [0.1, 0.15) is 45.0 Å². The molecule has 2 heterocycles. The van der Waals surface area contributed by atoms with E-state index < -0.39 is 23.8 Å². The highest BCUT2D eigenvalue weighted by atomic mass is 16.7. The van der Waals surface area contributed by atoms with Crippen LogP contribution in [0.5, 0.6) is 0 Å². The maximum Gasteiger partial charge on any atom is 0.333 e. The number of hydrogen-bond acceptors (Lipinski definition) is 7. The van der Waals surface area contributed by atoms with E-state index in [0.29, 0.717) is 29.1 Å². The number of carbonyl (C=O) groups is 2. The van der Waals surface area contributed by atoms with E-state index in [-0.39, 0.29) is 19.8 Å². The molecule has 1 aromatic rings. The Labute approximate surface area is 152 Å². The van der Waals surface area contributed by atoms with Crippen LogP contribution >= 0.6 is 0 Å². The van der Waals surface area contributed by atoms with Gasteiger partial charge in [0.15, 0.2) is 11.4 Å². The number of furan rings is 1. The molecule has 1 saturated heterocycles. The minimum Gasteiger partial charge on any atom is -0.457 e. The Morgan fingerprint density at radius 1 is 1.15 bits per heavy atom. The summed E-state index contributed by atoms with van der Waals surface area (Å²) in [6.07, 6.45) is -0.178. The van der Waals surface area contributed by atoms with Crippen molar-refractivity contribution in [2.45, 2.75) is 45.7 Å². The van der Waals surface area contributed by atoms with Crippen molar-refractivity contribution in [1.82, 2.24) is 0 Å². The third-order valence-electron chi connectivity index (χ3n) is 3.91. The molecular formula is C19H24O7. The van der Waals surface area contributed by atoms with Crippen molar-refractivity contribution in [2.24, 2.45) is 0 Å². The Kier molecular flexibility index (Phi) is 6.39. The fourth-order valence-corrected chi connectivity index (χ4v) is 2.19. The zero-order chi connectivity index (χ0) is 19.3. The van der Waals surface area contributed by atoms with Gasteiger partial charge in [-0.05, 0) is 32.4 Å². The third-order valence-corrected chi connectivity index (χ3v) is 3.91. The molecule has 1 fully saturated rings. The largest absolute Gasteiger partial charge is 0.457 e. The van der Waals surface area contributed by atoms with Crippen LogP contribution in [0.2, 0.25) is 0 Å². The van der Waals surface area contributed by atoms with E-state index in [4.69, 9.17) is 23.4 Å². The van der Waals surface area contributed by atoms with E-state index in [1.54, 1.807) is 26.0 Å². The van der Waals surface area contributed by atoms with Crippen LogP contribution in [0.3, 0.4) is 0 Å². The van der Waals surface area contributed by atoms with E-state index in [9.17, 15) is 9.59 Å². The van der Waals surface area contributed by atoms with Gasteiger partial charge in [-0.2, -0.15) is 0 Å². The Morgan fingerprint density at radius 2 is 1.77 bits per heavy atom. The highest BCUT2D eigenvalue weighted by Gasteiger charge is 2.40. The van der Waals surface area contributed by atoms with Crippen LogP contribution in [0.4, 0.5) is 0 Å². The molecule has 0 bridgehead atoms. The maximum atomic E-state index is 11.8. The van der Waals surface area contributed by atoms with Gasteiger partial charge in [0.1, 0.15) is 12.4 Å². The molecule has 7 heteroatoms. The van der Waals surface area contributed by atoms with Gasteiger partial charge in [-0.3, -0.25) is 0 Å². The lowest BCUT2D eigenvalue weighted by Gasteiger charge is -2.38. The van der Waals surface area contributed by atoms with E-state index in [1.165, 1.54) is 0 Å². The summed E-state index contributed by atoms with van der Waals surface area (Å²) in [4.78, 5) is 23.2. The van der Waals surface area contributed by atoms with E-state index >= 15 is 0 Å². The molecule has 1 aromatic heterocycles. The Hall–Kier alpha value is -2.38. The van der Waals surface area contributed by atoms with Crippen LogP contribution in [-0.2, 0) is 35.1 Å². The molecule has 0 saturated carbocycles. The molecule has 0 aliphatic carbocycles. The van der Waals surface area contributed by atoms with Crippen LogP contribution in [0.25, 0.3) is 0 Å². The van der Waals surface area contributed by atoms with Gasteiger partial charge < -0.3 is 23.4 Å². The van der Waals surface area contributed by atoms with Crippen LogP contribution in [-0.4, -0.2) is 30.8 Å². The topological polar surface area (TPSA) is 84.2 Å². The first-order chi connectivity index (χ1) is 12.3. The molecular weight excluding hydrogens is 340 g/mol. The smallest absolute Gasteiger partial charge is 0.333 e. The van der Waals surface area contributed by atoms with Crippen molar-refractivity contribution in [3.05, 3.63) is 48.0 Å². The number of rotatable bonds is 7. The molecule has 0 unspecified atom stereocenters. The van der Waals surface area contributed by atoms with E-state index in [2.05, 4.69) is 13.2 Å². The second kappa shape index (κ2) is 8.33. The summed E-state index contributed by atoms with van der Waals surface area (Å²) >= 11 is 0. The van der Waals surface area contributed by atoms with Gasteiger partial charge in [-0.1, -0.05) is 20.1 Å². The first-order valence-electron chi connectivity index (χ1n) is 8.29. The first-order valence-corrected chi connectivity index (χ1v) is 8.29. The molecule has 2 rings (SSSR count). The lowest BCUT2D eigenvalue weighted by Crippen LogP contribution is -2.48. The number of ether oxygens (including phenoxy) is 4. The lowest BCUT2D eigenvalue weighted by molar-refractivity contribution is -0.268. The molecule has 26 heavy (non-hydrogen) atoms. The zero-order valence-corrected chi connectivity index (χ0v) is 15.3. The van der Waals surface area contributed by atoms with Crippen LogP contribution in [0, 0.1) is 0 Å². The molecule has 7 nitrogen and oxygen atoms in total. The van der Waals surface area contributed by atoms with Gasteiger partial charge in [0.25, 0.3) is 0 Å². The second-order valence-corrected chi connectivity index (χ2v) is 6.32. The van der Waals surface area contributed by atoms with E-state index in [0.717, 1.165) is 0 Å². The molecule has 1 aliphatic heterocycles. The molecule has 142 valence electrons. The van der Waals surface area contributed by atoms with Gasteiger partial charge in [-0.15, -0.1) is 0 Å². The SMILES string of the molecule is C=C(C)C(=O)OCc1ccc(C2OCC(CC)(OC(=O)C(=C)C)CO2)o1. The van der Waals surface area contributed by atoms with Gasteiger partial charge in [0, 0.05) is 11.1 Å². The molecule has 1 aliphatic rings. The summed E-state index contributed by atoms with van der Waals surface area (Å²) in [5.74, 6) is -0.0533. The summed E-state index contributed by atoms with van der Waals surface area (Å²) in [5, 5.41) is 0. The monoisotopic (exact) mass is 364 g/mol. The minimum atomic E-state index is -0.848. The molecule has 0 radical (unpaired) electrons. The minimum absolute atomic E-state index is 0.00641. The summed E-state index contributed by atoms with van der Waals surface area (Å²) in [6, 6.07) is 3.37. The number of hydrogen-bond donors (Lipinski definition) is 0. The standard InChI is InChI=1S/C19H24O7/c1-6-19(26-17(21)13(4)5)10-23-18(24-11-19)15-8-7-14(25-15)9-22-16(20)12(2)3/h7-8,18H,2,4,6,9-11H2,1,3,5H3. The molecule has 0 spiro atoms. The zero-order valence-electron chi connectivity index (χ0n) is 15.3. The summed E-state index contributed by atoms with van der Waals surface area (Å²) in [7, 11) is 0. The Morgan fingerprint density at radius 3 is 2.31 bits per heavy atom. The van der Waals surface area contributed by atoms with Gasteiger partial charge in [-0.25, -0.2) is 9.59 Å². The quantitative estimate of drug-likeness (QED) is 0.542. The Balaban J connectivity index is 1.93. The first kappa shape index (κ1) is 19.9. The average Bonchev–Trinajstić information content (AvgIpc) is 3.08. The van der Waals surface area contributed by atoms with Gasteiger partial charge >= 0.3 is 11.9 Å².